The molecule has 4 nitrogen and oxygen atoms in total. The van der Waals surface area contributed by atoms with E-state index in [1.807, 2.05) is 0 Å². The number of methoxy groups -OCH3 is 2. The van der Waals surface area contributed by atoms with E-state index >= 15 is 0 Å². The number of rotatable bonds is 3. The third kappa shape index (κ3) is 2.86. The summed E-state index contributed by atoms with van der Waals surface area (Å²) < 4.78 is 49.5. The normalized spacial score (nSPS) is 11.3. The summed E-state index contributed by atoms with van der Waals surface area (Å²) in [5.41, 5.74) is -1.43. The van der Waals surface area contributed by atoms with Crippen molar-refractivity contribution in [2.75, 3.05) is 14.2 Å². The highest BCUT2D eigenvalue weighted by molar-refractivity contribution is 5.57. The quantitative estimate of drug-likeness (QED) is 0.875. The van der Waals surface area contributed by atoms with Gasteiger partial charge in [0.2, 0.25) is 0 Å². The Morgan fingerprint density at radius 1 is 1.00 bits per heavy atom. The van der Waals surface area contributed by atoms with Gasteiger partial charge >= 0.3 is 6.18 Å². The molecule has 0 N–H and O–H groups in total. The molecule has 7 heteroatoms. The summed E-state index contributed by atoms with van der Waals surface area (Å²) in [4.78, 5) is 11.9. The lowest BCUT2D eigenvalue weighted by atomic mass is 10.2. The number of halogens is 3. The van der Waals surface area contributed by atoms with Gasteiger partial charge in [-0.3, -0.25) is 9.36 Å². The molecule has 0 aliphatic heterocycles. The monoisotopic (exact) mass is 299 g/mol. The predicted octanol–water partition coefficient (Wildman–Crippen LogP) is 2.87. The van der Waals surface area contributed by atoms with E-state index in [4.69, 9.17) is 9.47 Å². The third-order valence-electron chi connectivity index (χ3n) is 2.88. The van der Waals surface area contributed by atoms with Crippen LogP contribution < -0.4 is 15.0 Å². The second-order valence-corrected chi connectivity index (χ2v) is 4.13. The topological polar surface area (TPSA) is 40.5 Å². The van der Waals surface area contributed by atoms with Crippen molar-refractivity contribution in [2.45, 2.75) is 6.18 Å². The lowest BCUT2D eigenvalue weighted by Crippen LogP contribution is -2.21. The molecule has 2 rings (SSSR count). The average Bonchev–Trinajstić information content (AvgIpc) is 2.45. The van der Waals surface area contributed by atoms with Crippen molar-refractivity contribution in [3.05, 3.63) is 52.4 Å². The van der Waals surface area contributed by atoms with Gasteiger partial charge in [0.1, 0.15) is 17.2 Å². The van der Waals surface area contributed by atoms with Gasteiger partial charge in [0.15, 0.2) is 0 Å². The molecule has 0 aliphatic carbocycles. The smallest absolute Gasteiger partial charge is 0.417 e. The Bertz CT molecular complexity index is 685. The fraction of sp³-hybridized carbons (Fsp3) is 0.214. The molecule has 0 bridgehead atoms. The van der Waals surface area contributed by atoms with Crippen LogP contribution in [0.15, 0.2) is 41.3 Å². The minimum atomic E-state index is -4.55. The first-order valence-corrected chi connectivity index (χ1v) is 5.89. The summed E-state index contributed by atoms with van der Waals surface area (Å²) in [7, 11) is 2.72. The van der Waals surface area contributed by atoms with Crippen molar-refractivity contribution in [2.24, 2.45) is 0 Å². The zero-order chi connectivity index (χ0) is 15.6. The van der Waals surface area contributed by atoms with Crippen LogP contribution in [0.4, 0.5) is 13.2 Å². The molecule has 2 aromatic rings. The van der Waals surface area contributed by atoms with E-state index in [9.17, 15) is 18.0 Å². The summed E-state index contributed by atoms with van der Waals surface area (Å²) in [6, 6.07) is 6.27. The lowest BCUT2D eigenvalue weighted by Gasteiger charge is -2.16. The highest BCUT2D eigenvalue weighted by Crippen LogP contribution is 2.33. The molecule has 0 atom stereocenters. The fourth-order valence-electron chi connectivity index (χ4n) is 1.90. The molecule has 21 heavy (non-hydrogen) atoms. The number of para-hydroxylation sites is 1. The first-order valence-electron chi connectivity index (χ1n) is 5.89. The second-order valence-electron chi connectivity index (χ2n) is 4.13. The van der Waals surface area contributed by atoms with Gasteiger partial charge in [-0.05, 0) is 18.2 Å². The van der Waals surface area contributed by atoms with Crippen LogP contribution >= 0.6 is 0 Å². The van der Waals surface area contributed by atoms with Gasteiger partial charge in [-0.1, -0.05) is 6.07 Å². The summed E-state index contributed by atoms with van der Waals surface area (Å²) in [6.45, 7) is 0. The van der Waals surface area contributed by atoms with E-state index in [2.05, 4.69) is 0 Å². The Morgan fingerprint density at radius 3 is 2.05 bits per heavy atom. The largest absolute Gasteiger partial charge is 0.494 e. The van der Waals surface area contributed by atoms with E-state index < -0.39 is 17.3 Å². The van der Waals surface area contributed by atoms with Crippen LogP contribution in [0.5, 0.6) is 11.5 Å². The van der Waals surface area contributed by atoms with Gasteiger partial charge < -0.3 is 9.47 Å². The Morgan fingerprint density at radius 2 is 1.57 bits per heavy atom. The Hall–Kier alpha value is -2.44. The average molecular weight is 299 g/mol. The number of hydrogen-bond donors (Lipinski definition) is 0. The summed E-state index contributed by atoms with van der Waals surface area (Å²) >= 11 is 0. The van der Waals surface area contributed by atoms with Gasteiger partial charge in [0.25, 0.3) is 5.56 Å². The number of benzene rings is 1. The van der Waals surface area contributed by atoms with Crippen LogP contribution in [0.1, 0.15) is 5.56 Å². The van der Waals surface area contributed by atoms with Crippen LogP contribution in [0.2, 0.25) is 0 Å². The minimum Gasteiger partial charge on any atom is -0.494 e. The maximum atomic E-state index is 12.8. The first-order chi connectivity index (χ1) is 9.88. The van der Waals surface area contributed by atoms with Crippen LogP contribution in [-0.4, -0.2) is 18.8 Å². The van der Waals surface area contributed by atoms with Crippen LogP contribution in [0.3, 0.4) is 0 Å². The molecule has 1 heterocycles. The van der Waals surface area contributed by atoms with Crippen molar-refractivity contribution in [1.82, 2.24) is 4.57 Å². The van der Waals surface area contributed by atoms with Crippen LogP contribution in [-0.2, 0) is 6.18 Å². The molecule has 0 saturated heterocycles. The molecule has 0 fully saturated rings. The van der Waals surface area contributed by atoms with Gasteiger partial charge in [-0.2, -0.15) is 13.2 Å². The fourth-order valence-corrected chi connectivity index (χ4v) is 1.90. The van der Waals surface area contributed by atoms with Crippen molar-refractivity contribution >= 4 is 0 Å². The lowest BCUT2D eigenvalue weighted by molar-refractivity contribution is -0.138. The molecule has 0 radical (unpaired) electrons. The zero-order valence-electron chi connectivity index (χ0n) is 11.3. The van der Waals surface area contributed by atoms with Crippen LogP contribution in [0.25, 0.3) is 5.69 Å². The molecule has 0 unspecified atom stereocenters. The van der Waals surface area contributed by atoms with Gasteiger partial charge in [-0.15, -0.1) is 0 Å². The summed E-state index contributed by atoms with van der Waals surface area (Å²) in [5.74, 6) is 0.464. The number of hydrogen-bond acceptors (Lipinski definition) is 3. The van der Waals surface area contributed by atoms with E-state index in [1.54, 1.807) is 6.07 Å². The van der Waals surface area contributed by atoms with Crippen molar-refractivity contribution in [3.63, 3.8) is 0 Å². The molecule has 0 amide bonds. The molecule has 1 aromatic heterocycles. The van der Waals surface area contributed by atoms with E-state index in [0.29, 0.717) is 0 Å². The third-order valence-corrected chi connectivity index (χ3v) is 2.88. The summed E-state index contributed by atoms with van der Waals surface area (Å²) in [5, 5.41) is 0. The van der Waals surface area contributed by atoms with Crippen molar-refractivity contribution in [3.8, 4) is 17.2 Å². The van der Waals surface area contributed by atoms with E-state index in [-0.39, 0.29) is 17.2 Å². The van der Waals surface area contributed by atoms with Gasteiger partial charge in [-0.25, -0.2) is 0 Å². The number of alkyl halides is 3. The Labute approximate surface area is 118 Å². The molecule has 0 spiro atoms. The maximum Gasteiger partial charge on any atom is 0.417 e. The number of pyridine rings is 1. The first kappa shape index (κ1) is 15.0. The number of nitrogens with zero attached hydrogens (tertiary/aromatic N) is 1. The Balaban J connectivity index is 2.75. The van der Waals surface area contributed by atoms with Crippen molar-refractivity contribution < 1.29 is 22.6 Å². The van der Waals surface area contributed by atoms with Crippen LogP contribution in [0, 0.1) is 0 Å². The standard InChI is InChI=1S/C14H12F3NO3/c1-20-10-4-3-5-11(21-2)13(10)18-8-9(14(15,16)17)6-7-12(18)19/h3-8H,1-2H3. The number of ether oxygens (including phenoxy) is 2. The SMILES string of the molecule is COc1cccc(OC)c1-n1cc(C(F)(F)F)ccc1=O. The molecular formula is C14H12F3NO3. The Kier molecular flexibility index (Phi) is 3.93. The van der Waals surface area contributed by atoms with Gasteiger partial charge in [0.05, 0.1) is 19.8 Å². The molecule has 1 aromatic carbocycles. The highest BCUT2D eigenvalue weighted by Gasteiger charge is 2.31. The van der Waals surface area contributed by atoms with Gasteiger partial charge in [0, 0.05) is 12.3 Å². The predicted molar refractivity (Wildman–Crippen MR) is 70.1 cm³/mol. The maximum absolute atomic E-state index is 12.8. The summed E-state index contributed by atoms with van der Waals surface area (Å²) in [6.07, 6.45) is -3.83. The van der Waals surface area contributed by atoms with E-state index in [1.165, 1.54) is 26.4 Å². The molecular weight excluding hydrogens is 287 g/mol. The molecule has 0 saturated carbocycles. The van der Waals surface area contributed by atoms with Crippen molar-refractivity contribution in [1.29, 1.82) is 0 Å². The van der Waals surface area contributed by atoms with E-state index in [0.717, 1.165) is 22.9 Å². The minimum absolute atomic E-state index is 0.124. The molecule has 112 valence electrons. The number of aromatic nitrogens is 1. The highest BCUT2D eigenvalue weighted by atomic mass is 19.4. The molecule has 0 aliphatic rings. The second kappa shape index (κ2) is 5.51. The zero-order valence-corrected chi connectivity index (χ0v) is 11.3.